The molecule has 0 bridgehead atoms. The Labute approximate surface area is 302 Å². The third kappa shape index (κ3) is 7.83. The van der Waals surface area contributed by atoms with E-state index in [2.05, 4.69) is 45.0 Å². The molecule has 10 nitrogen and oxygen atoms in total. The van der Waals surface area contributed by atoms with Crippen LogP contribution >= 0.6 is 0 Å². The van der Waals surface area contributed by atoms with Crippen molar-refractivity contribution in [2.75, 3.05) is 78.2 Å². The standard InChI is InChI=1S/C25H32N4O3.C16H20N2O/c1-25-11-10-22(20-8-9-21(26(2)3)19-7-5-4-6-18(19)20)29(25)24(31)28(23(25)30)13-12-27-14-16-32-17-15-27;1-18(2)11-14-8-9-15(17)16(10-14)19-12-13-6-4-3-5-7-13/h4-9,22H,10-17H2,1-3H3;3-10H,11-12,17H2,1-2H3/t22?,25-;/m0./s1. The summed E-state index contributed by atoms with van der Waals surface area (Å²) in [7, 11) is 8.17. The number of morpholine rings is 1. The van der Waals surface area contributed by atoms with Gasteiger partial charge in [0.1, 0.15) is 17.9 Å². The van der Waals surface area contributed by atoms with E-state index in [9.17, 15) is 9.59 Å². The van der Waals surface area contributed by atoms with Crippen molar-refractivity contribution in [3.05, 3.63) is 102 Å². The lowest BCUT2D eigenvalue weighted by molar-refractivity contribution is -0.132. The number of ether oxygens (including phenoxy) is 2. The van der Waals surface area contributed by atoms with Gasteiger partial charge in [0, 0.05) is 57.9 Å². The number of amides is 3. The van der Waals surface area contributed by atoms with E-state index in [0.717, 1.165) is 54.0 Å². The lowest BCUT2D eigenvalue weighted by atomic mass is 9.95. The average Bonchev–Trinajstić information content (AvgIpc) is 3.58. The Morgan fingerprint density at radius 3 is 2.27 bits per heavy atom. The molecular formula is C41H52N6O4. The number of anilines is 2. The highest BCUT2D eigenvalue weighted by atomic mass is 16.5. The molecule has 1 unspecified atom stereocenters. The van der Waals surface area contributed by atoms with E-state index in [1.807, 2.05) is 94.6 Å². The van der Waals surface area contributed by atoms with Gasteiger partial charge in [0.2, 0.25) is 0 Å². The summed E-state index contributed by atoms with van der Waals surface area (Å²) in [5, 5.41) is 2.32. The van der Waals surface area contributed by atoms with Crippen molar-refractivity contribution in [1.29, 1.82) is 0 Å². The molecule has 0 spiro atoms. The van der Waals surface area contributed by atoms with Gasteiger partial charge in [-0.2, -0.15) is 0 Å². The first kappa shape index (κ1) is 36.2. The van der Waals surface area contributed by atoms with Gasteiger partial charge in [-0.3, -0.25) is 14.6 Å². The summed E-state index contributed by atoms with van der Waals surface area (Å²) in [6.07, 6.45) is 1.50. The van der Waals surface area contributed by atoms with Gasteiger partial charge < -0.3 is 29.9 Å². The number of fused-ring (bicyclic) bond motifs is 2. The largest absolute Gasteiger partial charge is 0.487 e. The van der Waals surface area contributed by atoms with E-state index < -0.39 is 5.54 Å². The SMILES string of the molecule is CN(C)Cc1ccc(N)c(OCc2ccccc2)c1.CN(C)c1ccc(C2CC[C@@]3(C)C(=O)N(CCN4CCOCC4)C(=O)N23)c2ccccc12. The summed E-state index contributed by atoms with van der Waals surface area (Å²) >= 11 is 0. The molecule has 270 valence electrons. The summed E-state index contributed by atoms with van der Waals surface area (Å²) in [4.78, 5) is 36.8. The van der Waals surface area contributed by atoms with E-state index in [0.29, 0.717) is 45.0 Å². The first-order valence-electron chi connectivity index (χ1n) is 17.9. The van der Waals surface area contributed by atoms with Gasteiger partial charge in [0.05, 0.1) is 24.9 Å². The molecule has 10 heteroatoms. The fourth-order valence-electron chi connectivity index (χ4n) is 7.52. The van der Waals surface area contributed by atoms with Crippen LogP contribution < -0.4 is 15.4 Å². The molecule has 4 aromatic carbocycles. The molecule has 0 saturated carbocycles. The summed E-state index contributed by atoms with van der Waals surface area (Å²) in [6.45, 7) is 7.63. The molecule has 3 amide bonds. The minimum atomic E-state index is -0.756. The number of benzene rings is 4. The van der Waals surface area contributed by atoms with Crippen LogP contribution in [0.2, 0.25) is 0 Å². The van der Waals surface area contributed by atoms with Crippen LogP contribution in [-0.2, 0) is 22.7 Å². The smallest absolute Gasteiger partial charge is 0.328 e. The van der Waals surface area contributed by atoms with Gasteiger partial charge in [-0.1, -0.05) is 66.7 Å². The van der Waals surface area contributed by atoms with Crippen LogP contribution in [0.3, 0.4) is 0 Å². The summed E-state index contributed by atoms with van der Waals surface area (Å²) in [6, 6.07) is 28.4. The fraction of sp³-hybridized carbons (Fsp3) is 0.415. The number of nitrogens with two attached hydrogens (primary N) is 1. The quantitative estimate of drug-likeness (QED) is 0.160. The van der Waals surface area contributed by atoms with E-state index in [4.69, 9.17) is 15.2 Å². The van der Waals surface area contributed by atoms with Gasteiger partial charge in [-0.25, -0.2) is 4.79 Å². The predicted molar refractivity (Wildman–Crippen MR) is 204 cm³/mol. The molecule has 3 saturated heterocycles. The van der Waals surface area contributed by atoms with Crippen molar-refractivity contribution in [1.82, 2.24) is 19.6 Å². The van der Waals surface area contributed by atoms with Gasteiger partial charge in [-0.05, 0) is 74.1 Å². The van der Waals surface area contributed by atoms with Gasteiger partial charge in [-0.15, -0.1) is 0 Å². The molecule has 3 fully saturated rings. The number of carbonyl (C=O) groups is 2. The lowest BCUT2D eigenvalue weighted by Gasteiger charge is -2.30. The highest BCUT2D eigenvalue weighted by molar-refractivity contribution is 6.08. The van der Waals surface area contributed by atoms with Crippen molar-refractivity contribution < 1.29 is 19.1 Å². The van der Waals surface area contributed by atoms with Crippen molar-refractivity contribution in [2.24, 2.45) is 0 Å². The molecule has 0 radical (unpaired) electrons. The Hall–Kier alpha value is -4.64. The topological polar surface area (TPSA) is 94.8 Å². The zero-order valence-electron chi connectivity index (χ0n) is 30.7. The molecular weight excluding hydrogens is 640 g/mol. The van der Waals surface area contributed by atoms with E-state index in [1.54, 1.807) is 0 Å². The first-order chi connectivity index (χ1) is 24.6. The Morgan fingerprint density at radius 1 is 0.863 bits per heavy atom. The predicted octanol–water partition coefficient (Wildman–Crippen LogP) is 6.01. The zero-order valence-corrected chi connectivity index (χ0v) is 30.7. The number of nitrogens with zero attached hydrogens (tertiary/aromatic N) is 5. The molecule has 3 aliphatic rings. The summed E-state index contributed by atoms with van der Waals surface area (Å²) < 4.78 is 11.2. The first-order valence-corrected chi connectivity index (χ1v) is 17.9. The second kappa shape index (κ2) is 15.7. The number of rotatable bonds is 10. The molecule has 0 aromatic heterocycles. The van der Waals surface area contributed by atoms with Crippen LogP contribution in [-0.4, -0.2) is 105 Å². The maximum atomic E-state index is 13.5. The monoisotopic (exact) mass is 692 g/mol. The van der Waals surface area contributed by atoms with Crippen LogP contribution in [0.15, 0.2) is 84.9 Å². The van der Waals surface area contributed by atoms with Crippen LogP contribution in [0, 0.1) is 0 Å². The van der Waals surface area contributed by atoms with E-state index >= 15 is 0 Å². The average molecular weight is 693 g/mol. The minimum Gasteiger partial charge on any atom is -0.487 e. The van der Waals surface area contributed by atoms with Gasteiger partial charge in [0.15, 0.2) is 0 Å². The number of urea groups is 1. The summed E-state index contributed by atoms with van der Waals surface area (Å²) in [5.74, 6) is 0.704. The maximum absolute atomic E-state index is 13.5. The van der Waals surface area contributed by atoms with E-state index in [1.165, 1.54) is 15.8 Å². The number of hydrogen-bond acceptors (Lipinski definition) is 8. The molecule has 3 heterocycles. The van der Waals surface area contributed by atoms with Crippen LogP contribution in [0.4, 0.5) is 16.2 Å². The lowest BCUT2D eigenvalue weighted by Crippen LogP contribution is -2.44. The van der Waals surface area contributed by atoms with Crippen LogP contribution in [0.5, 0.6) is 5.75 Å². The molecule has 2 atom stereocenters. The molecule has 3 aliphatic heterocycles. The molecule has 51 heavy (non-hydrogen) atoms. The highest BCUT2D eigenvalue weighted by Crippen LogP contribution is 2.49. The van der Waals surface area contributed by atoms with Crippen molar-refractivity contribution in [3.8, 4) is 5.75 Å². The molecule has 7 rings (SSSR count). The normalized spacial score (nSPS) is 20.5. The second-order valence-electron chi connectivity index (χ2n) is 14.4. The Bertz CT molecular complexity index is 1830. The Kier molecular flexibility index (Phi) is 11.1. The van der Waals surface area contributed by atoms with Crippen LogP contribution in [0.25, 0.3) is 10.8 Å². The third-order valence-electron chi connectivity index (χ3n) is 10.2. The van der Waals surface area contributed by atoms with Crippen molar-refractivity contribution in [3.63, 3.8) is 0 Å². The zero-order chi connectivity index (χ0) is 36.1. The minimum absolute atomic E-state index is 0.0486. The fourth-order valence-corrected chi connectivity index (χ4v) is 7.52. The highest BCUT2D eigenvalue weighted by Gasteiger charge is 2.60. The number of carbonyl (C=O) groups excluding carboxylic acids is 2. The van der Waals surface area contributed by atoms with Crippen LogP contribution in [0.1, 0.15) is 42.5 Å². The molecule has 2 N–H and O–H groups in total. The van der Waals surface area contributed by atoms with Gasteiger partial charge >= 0.3 is 6.03 Å². The molecule has 4 aromatic rings. The summed E-state index contributed by atoms with van der Waals surface area (Å²) in [5.41, 5.74) is 10.5. The number of hydrogen-bond donors (Lipinski definition) is 1. The Balaban J connectivity index is 0.000000202. The number of imide groups is 1. The number of nitrogen functional groups attached to an aromatic ring is 1. The Morgan fingerprint density at radius 2 is 1.57 bits per heavy atom. The maximum Gasteiger partial charge on any atom is 0.328 e. The molecule has 0 aliphatic carbocycles. The second-order valence-corrected chi connectivity index (χ2v) is 14.4. The van der Waals surface area contributed by atoms with Crippen molar-refractivity contribution in [2.45, 2.75) is 44.5 Å². The van der Waals surface area contributed by atoms with E-state index in [-0.39, 0.29) is 18.0 Å². The van der Waals surface area contributed by atoms with Gasteiger partial charge in [0.25, 0.3) is 5.91 Å². The van der Waals surface area contributed by atoms with Crippen molar-refractivity contribution >= 4 is 34.1 Å². The third-order valence-corrected chi connectivity index (χ3v) is 10.2.